The number of likely N-dealkylation sites (tertiary alicyclic amines) is 1. The van der Waals surface area contributed by atoms with E-state index in [-0.39, 0.29) is 55.8 Å². The molecule has 262 valence electrons. The standard InChI is InChI=1S/C39H42BrN3O7/c1-3-5-16-31(45)49-24-30(26-13-7-6-8-14-26)41-36(46)32-33-37(47)43(20-11-21-44)35(39(33)23-29(40)34(32)50-39)38(48)42(19-4-2)28-18-17-25-12-9-10-15-27(25)22-28/h3-4,6-10,12-15,17-18,22,29-30,32-35,44H,1-2,5,11,16,19-21,23-24H2,(H,41,46)/t29?,30-,32+,33-,34+,35+,39-/m1/s1. The fraction of sp³-hybridized carbons (Fsp3) is 0.385. The van der Waals surface area contributed by atoms with Crippen LogP contribution in [0.2, 0.25) is 0 Å². The number of carbonyl (C=O) groups is 4. The molecule has 0 radical (unpaired) electrons. The van der Waals surface area contributed by atoms with Gasteiger partial charge in [0.05, 0.1) is 24.0 Å². The van der Waals surface area contributed by atoms with Gasteiger partial charge in [0.2, 0.25) is 11.8 Å². The van der Waals surface area contributed by atoms with Gasteiger partial charge in [-0.05, 0) is 47.7 Å². The summed E-state index contributed by atoms with van der Waals surface area (Å²) in [7, 11) is 0. The van der Waals surface area contributed by atoms with Crippen molar-refractivity contribution >= 4 is 56.1 Å². The summed E-state index contributed by atoms with van der Waals surface area (Å²) in [5.41, 5.74) is 0.0890. The predicted octanol–water partition coefficient (Wildman–Crippen LogP) is 4.86. The lowest BCUT2D eigenvalue weighted by atomic mass is 9.70. The van der Waals surface area contributed by atoms with Gasteiger partial charge >= 0.3 is 5.97 Å². The largest absolute Gasteiger partial charge is 0.463 e. The Labute approximate surface area is 300 Å². The molecule has 6 rings (SSSR count). The Balaban J connectivity index is 1.33. The van der Waals surface area contributed by atoms with E-state index in [1.54, 1.807) is 17.1 Å². The number of carbonyl (C=O) groups excluding carboxylic acids is 4. The number of benzene rings is 3. The number of hydrogen-bond donors (Lipinski definition) is 2. The molecule has 0 aliphatic carbocycles. The van der Waals surface area contributed by atoms with Crippen LogP contribution in [0.3, 0.4) is 0 Å². The molecule has 2 bridgehead atoms. The lowest BCUT2D eigenvalue weighted by Gasteiger charge is -2.37. The van der Waals surface area contributed by atoms with Crippen LogP contribution < -0.4 is 10.2 Å². The summed E-state index contributed by atoms with van der Waals surface area (Å²) in [6.07, 6.45) is 3.83. The molecule has 7 atom stereocenters. The highest BCUT2D eigenvalue weighted by molar-refractivity contribution is 9.09. The van der Waals surface area contributed by atoms with Crippen molar-refractivity contribution in [1.29, 1.82) is 0 Å². The Bertz CT molecular complexity index is 1770. The average Bonchev–Trinajstić information content (AvgIpc) is 3.73. The predicted molar refractivity (Wildman–Crippen MR) is 193 cm³/mol. The number of anilines is 1. The third-order valence-corrected chi connectivity index (χ3v) is 10.8. The van der Waals surface area contributed by atoms with Gasteiger partial charge in [0.25, 0.3) is 5.91 Å². The third kappa shape index (κ3) is 6.61. The summed E-state index contributed by atoms with van der Waals surface area (Å²) < 4.78 is 12.3. The van der Waals surface area contributed by atoms with Gasteiger partial charge in [-0.25, -0.2) is 0 Å². The summed E-state index contributed by atoms with van der Waals surface area (Å²) >= 11 is 3.74. The van der Waals surface area contributed by atoms with Crippen LogP contribution >= 0.6 is 15.9 Å². The first-order chi connectivity index (χ1) is 24.2. The highest BCUT2D eigenvalue weighted by atomic mass is 79.9. The van der Waals surface area contributed by atoms with Gasteiger partial charge < -0.3 is 29.7 Å². The van der Waals surface area contributed by atoms with E-state index in [0.29, 0.717) is 18.5 Å². The van der Waals surface area contributed by atoms with E-state index in [4.69, 9.17) is 9.47 Å². The van der Waals surface area contributed by atoms with E-state index in [1.165, 1.54) is 4.90 Å². The van der Waals surface area contributed by atoms with Crippen LogP contribution in [0, 0.1) is 11.8 Å². The molecule has 3 aromatic rings. The average molecular weight is 745 g/mol. The number of fused-ring (bicyclic) bond motifs is 2. The molecule has 3 amide bonds. The van der Waals surface area contributed by atoms with Crippen LogP contribution in [0.5, 0.6) is 0 Å². The zero-order chi connectivity index (χ0) is 35.4. The Hall–Kier alpha value is -4.32. The molecule has 3 aromatic carbocycles. The second-order valence-electron chi connectivity index (χ2n) is 13.0. The highest BCUT2D eigenvalue weighted by Gasteiger charge is 2.76. The van der Waals surface area contributed by atoms with Gasteiger partial charge in [-0.3, -0.25) is 19.2 Å². The Morgan fingerprint density at radius 2 is 1.82 bits per heavy atom. The van der Waals surface area contributed by atoms with Gasteiger partial charge in [0.15, 0.2) is 0 Å². The number of hydrogen-bond acceptors (Lipinski definition) is 7. The number of aliphatic hydroxyl groups is 1. The van der Waals surface area contributed by atoms with E-state index in [2.05, 4.69) is 34.4 Å². The Morgan fingerprint density at radius 3 is 2.54 bits per heavy atom. The number of aliphatic hydroxyl groups excluding tert-OH is 1. The number of amides is 3. The van der Waals surface area contributed by atoms with Gasteiger partial charge in [-0.2, -0.15) is 0 Å². The number of alkyl halides is 1. The van der Waals surface area contributed by atoms with Crippen LogP contribution in [-0.4, -0.2) is 82.6 Å². The molecule has 3 aliphatic rings. The number of allylic oxidation sites excluding steroid dienone is 1. The van der Waals surface area contributed by atoms with E-state index in [0.717, 1.165) is 16.3 Å². The quantitative estimate of drug-likeness (QED) is 0.130. The SMILES string of the molecule is C=CCCC(=O)OC[C@@H](NC(=O)[C@@H]1[C@H]2O[C@@]3(CC2Br)[C@H](C(=O)N(CC=C)c2ccc4ccccc4c2)N(CCCO)C(=O)[C@@H]13)c1ccccc1. The maximum absolute atomic E-state index is 14.9. The number of rotatable bonds is 15. The number of nitrogens with one attached hydrogen (secondary N) is 1. The summed E-state index contributed by atoms with van der Waals surface area (Å²) in [5, 5.41) is 14.8. The molecule has 1 spiro atoms. The molecule has 10 nitrogen and oxygen atoms in total. The molecule has 0 aromatic heterocycles. The fourth-order valence-electron chi connectivity index (χ4n) is 7.78. The van der Waals surface area contributed by atoms with Crippen molar-refractivity contribution in [2.24, 2.45) is 11.8 Å². The summed E-state index contributed by atoms with van der Waals surface area (Å²) in [6.45, 7) is 7.57. The summed E-state index contributed by atoms with van der Waals surface area (Å²) in [5.74, 6) is -3.41. The third-order valence-electron chi connectivity index (χ3n) is 9.99. The molecule has 3 fully saturated rings. The first-order valence-corrected chi connectivity index (χ1v) is 17.9. The number of nitrogens with zero attached hydrogens (tertiary/aromatic N) is 2. The number of halogens is 1. The number of ether oxygens (including phenoxy) is 2. The maximum atomic E-state index is 14.9. The monoisotopic (exact) mass is 743 g/mol. The second kappa shape index (κ2) is 15.3. The topological polar surface area (TPSA) is 125 Å². The normalized spacial score (nSPS) is 25.6. The highest BCUT2D eigenvalue weighted by Crippen LogP contribution is 2.60. The zero-order valence-electron chi connectivity index (χ0n) is 27.8. The van der Waals surface area contributed by atoms with E-state index >= 15 is 0 Å². The van der Waals surface area contributed by atoms with Crippen molar-refractivity contribution in [3.05, 3.63) is 104 Å². The molecule has 3 aliphatic heterocycles. The van der Waals surface area contributed by atoms with E-state index < -0.39 is 47.5 Å². The van der Waals surface area contributed by atoms with Crippen molar-refractivity contribution in [3.8, 4) is 0 Å². The van der Waals surface area contributed by atoms with Gasteiger partial charge in [-0.15, -0.1) is 13.2 Å². The van der Waals surface area contributed by atoms with Gasteiger partial charge in [-0.1, -0.05) is 88.7 Å². The van der Waals surface area contributed by atoms with E-state index in [1.807, 2.05) is 72.8 Å². The molecule has 11 heteroatoms. The van der Waals surface area contributed by atoms with Crippen LogP contribution in [0.15, 0.2) is 98.1 Å². The molecular weight excluding hydrogens is 702 g/mol. The van der Waals surface area contributed by atoms with Crippen LogP contribution in [0.25, 0.3) is 10.8 Å². The number of esters is 1. The van der Waals surface area contributed by atoms with Crippen molar-refractivity contribution in [2.45, 2.75) is 54.3 Å². The van der Waals surface area contributed by atoms with Crippen molar-refractivity contribution in [3.63, 3.8) is 0 Å². The molecule has 3 saturated heterocycles. The zero-order valence-corrected chi connectivity index (χ0v) is 29.4. The molecule has 1 unspecified atom stereocenters. The van der Waals surface area contributed by atoms with E-state index in [9.17, 15) is 24.3 Å². The van der Waals surface area contributed by atoms with Crippen molar-refractivity contribution in [1.82, 2.24) is 10.2 Å². The van der Waals surface area contributed by atoms with Crippen LogP contribution in [0.1, 0.15) is 37.3 Å². The summed E-state index contributed by atoms with van der Waals surface area (Å²) in [6, 6.07) is 21.1. The fourth-order valence-corrected chi connectivity index (χ4v) is 8.72. The molecule has 0 saturated carbocycles. The molecule has 50 heavy (non-hydrogen) atoms. The second-order valence-corrected chi connectivity index (χ2v) is 14.2. The maximum Gasteiger partial charge on any atom is 0.306 e. The van der Waals surface area contributed by atoms with Crippen molar-refractivity contribution < 1.29 is 33.8 Å². The lowest BCUT2D eigenvalue weighted by molar-refractivity contribution is -0.145. The van der Waals surface area contributed by atoms with Crippen LogP contribution in [0.4, 0.5) is 5.69 Å². The minimum Gasteiger partial charge on any atom is -0.463 e. The molecule has 2 N–H and O–H groups in total. The summed E-state index contributed by atoms with van der Waals surface area (Å²) in [4.78, 5) is 58.9. The minimum atomic E-state index is -1.29. The molecular formula is C39H42BrN3O7. The van der Waals surface area contributed by atoms with Gasteiger partial charge in [0.1, 0.15) is 18.2 Å². The minimum absolute atomic E-state index is 0.0997. The first-order valence-electron chi connectivity index (χ1n) is 17.0. The lowest BCUT2D eigenvalue weighted by Crippen LogP contribution is -2.57. The Kier molecular flexibility index (Phi) is 10.9. The van der Waals surface area contributed by atoms with Crippen molar-refractivity contribution in [2.75, 3.05) is 31.2 Å². The molecule has 3 heterocycles. The first kappa shape index (κ1) is 35.5. The van der Waals surface area contributed by atoms with Gasteiger partial charge in [0, 0.05) is 36.6 Å². The van der Waals surface area contributed by atoms with Crippen LogP contribution in [-0.2, 0) is 28.7 Å². The smallest absolute Gasteiger partial charge is 0.306 e. The Morgan fingerprint density at radius 1 is 1.08 bits per heavy atom.